The fraction of sp³-hybridized carbons (Fsp3) is 0.414. The van der Waals surface area contributed by atoms with Gasteiger partial charge in [0.1, 0.15) is 23.3 Å². The average Bonchev–Trinajstić information content (AvgIpc) is 3.55. The van der Waals surface area contributed by atoms with Gasteiger partial charge in [0, 0.05) is 23.6 Å². The van der Waals surface area contributed by atoms with E-state index in [0.29, 0.717) is 24.7 Å². The van der Waals surface area contributed by atoms with Crippen LogP contribution in [0.5, 0.6) is 11.5 Å². The molecule has 2 aromatic carbocycles. The molecule has 0 atom stereocenters. The Hall–Kier alpha value is -3.83. The van der Waals surface area contributed by atoms with Crippen molar-refractivity contribution in [1.29, 1.82) is 0 Å². The molecule has 0 spiro atoms. The highest BCUT2D eigenvalue weighted by Crippen LogP contribution is 2.43. The van der Waals surface area contributed by atoms with Gasteiger partial charge in [-0.05, 0) is 56.9 Å². The number of hydrogen-bond donors (Lipinski definition) is 1. The van der Waals surface area contributed by atoms with Crippen LogP contribution >= 0.6 is 0 Å². The van der Waals surface area contributed by atoms with Crippen molar-refractivity contribution in [3.05, 3.63) is 48.0 Å². The van der Waals surface area contributed by atoms with Crippen LogP contribution in [0.4, 0.5) is 5.82 Å². The number of nitrogens with one attached hydrogen (secondary N) is 1. The first kappa shape index (κ1) is 26.2. The number of fused-ring (bicyclic) bond motifs is 1. The van der Waals surface area contributed by atoms with Gasteiger partial charge in [0.2, 0.25) is 0 Å². The van der Waals surface area contributed by atoms with Crippen molar-refractivity contribution < 1.29 is 19.1 Å². The van der Waals surface area contributed by atoms with Crippen molar-refractivity contribution in [2.75, 3.05) is 26.2 Å². The smallest absolute Gasteiger partial charge is 0.304 e. The molecule has 1 aromatic heterocycles. The molecule has 1 amide bonds. The maximum absolute atomic E-state index is 12.6. The molecule has 0 bridgehead atoms. The van der Waals surface area contributed by atoms with Gasteiger partial charge in [0.15, 0.2) is 5.82 Å². The Bertz CT molecular complexity index is 1300. The zero-order valence-electron chi connectivity index (χ0n) is 21.7. The van der Waals surface area contributed by atoms with Gasteiger partial charge < -0.3 is 19.6 Å². The predicted octanol–water partition coefficient (Wildman–Crippen LogP) is 4.27. The summed E-state index contributed by atoms with van der Waals surface area (Å²) in [5.74, 6) is 3.90. The minimum absolute atomic E-state index is 0.377. The molecule has 194 valence electrons. The summed E-state index contributed by atoms with van der Waals surface area (Å²) in [6, 6.07) is 14.0. The summed E-state index contributed by atoms with van der Waals surface area (Å²) in [5.41, 5.74) is 1.25. The maximum atomic E-state index is 12.6. The lowest BCUT2D eigenvalue weighted by molar-refractivity contribution is -0.119. The molecule has 1 heterocycles. The van der Waals surface area contributed by atoms with Crippen molar-refractivity contribution in [2.24, 2.45) is 0 Å². The zero-order valence-corrected chi connectivity index (χ0v) is 21.7. The van der Waals surface area contributed by atoms with Gasteiger partial charge in [0.05, 0.1) is 25.8 Å². The summed E-state index contributed by atoms with van der Waals surface area (Å²) in [4.78, 5) is 26.0. The van der Waals surface area contributed by atoms with E-state index < -0.39 is 11.4 Å². The molecule has 8 heteroatoms. The fourth-order valence-corrected chi connectivity index (χ4v) is 4.98. The maximum Gasteiger partial charge on any atom is 0.304 e. The molecule has 2 aliphatic rings. The highest BCUT2D eigenvalue weighted by Gasteiger charge is 2.45. The number of carbonyl (C=O) groups excluding carboxylic acids is 2. The van der Waals surface area contributed by atoms with Crippen molar-refractivity contribution in [1.82, 2.24) is 15.1 Å². The first-order valence-electron chi connectivity index (χ1n) is 12.6. The van der Waals surface area contributed by atoms with Gasteiger partial charge in [-0.1, -0.05) is 31.0 Å². The zero-order chi connectivity index (χ0) is 26.4. The van der Waals surface area contributed by atoms with Crippen molar-refractivity contribution in [3.8, 4) is 23.8 Å². The minimum atomic E-state index is -0.866. The molecular weight excluding hydrogens is 468 g/mol. The standard InChI is InChI=1S/C19H19N3O2.C10H15NO2/c1-2-17(24)21(19(13-23)11-5-6-12-19)18-15-7-3-4-8-16(15)22(20-18)14-9-10-14;1-11-7-8-4-5-9(12-2)6-10(8)13-3/h1,3-4,7-8,13-14H,5-6,9-12H2;4-6,11H,7H2,1-3H3. The topological polar surface area (TPSA) is 85.7 Å². The summed E-state index contributed by atoms with van der Waals surface area (Å²) in [6.45, 7) is 0.799. The van der Waals surface area contributed by atoms with E-state index in [1.54, 1.807) is 14.2 Å². The number of benzene rings is 2. The average molecular weight is 503 g/mol. The Morgan fingerprint density at radius 3 is 2.54 bits per heavy atom. The van der Waals surface area contributed by atoms with E-state index >= 15 is 0 Å². The van der Waals surface area contributed by atoms with Crippen molar-refractivity contribution >= 4 is 28.9 Å². The normalized spacial score (nSPS) is 15.8. The Labute approximate surface area is 217 Å². The van der Waals surface area contributed by atoms with Gasteiger partial charge in [-0.15, -0.1) is 6.42 Å². The lowest BCUT2D eigenvalue weighted by Crippen LogP contribution is -2.51. The number of anilines is 1. The molecule has 0 radical (unpaired) electrons. The summed E-state index contributed by atoms with van der Waals surface area (Å²) in [5, 5.41) is 8.68. The second-order valence-electron chi connectivity index (χ2n) is 9.44. The number of rotatable bonds is 8. The molecule has 37 heavy (non-hydrogen) atoms. The number of hydrogen-bond acceptors (Lipinski definition) is 6. The lowest BCUT2D eigenvalue weighted by Gasteiger charge is -2.34. The molecule has 0 saturated heterocycles. The van der Waals surface area contributed by atoms with Gasteiger partial charge in [-0.2, -0.15) is 5.10 Å². The Morgan fingerprint density at radius 1 is 1.22 bits per heavy atom. The summed E-state index contributed by atoms with van der Waals surface area (Å²) >= 11 is 0. The van der Waals surface area contributed by atoms with E-state index in [1.165, 1.54) is 4.90 Å². The second-order valence-corrected chi connectivity index (χ2v) is 9.44. The molecule has 3 aromatic rings. The first-order chi connectivity index (χ1) is 18.0. The third-order valence-electron chi connectivity index (χ3n) is 7.02. The second kappa shape index (κ2) is 11.5. The highest BCUT2D eigenvalue weighted by molar-refractivity contribution is 6.12. The van der Waals surface area contributed by atoms with Crippen LogP contribution in [0.25, 0.3) is 10.9 Å². The van der Waals surface area contributed by atoms with Crippen molar-refractivity contribution in [2.45, 2.75) is 56.7 Å². The SMILES string of the molecule is C#CC(=O)N(c1nn(C2CC2)c2ccccc12)C1(C=O)CCCC1.CNCc1ccc(OC)cc1OC. The third-order valence-corrected chi connectivity index (χ3v) is 7.02. The molecule has 8 nitrogen and oxygen atoms in total. The van der Waals surface area contributed by atoms with Crippen LogP contribution in [0, 0.1) is 12.3 Å². The molecule has 2 fully saturated rings. The van der Waals surface area contributed by atoms with Crippen LogP contribution < -0.4 is 19.7 Å². The Kier molecular flexibility index (Phi) is 8.14. The number of aromatic nitrogens is 2. The van der Waals surface area contributed by atoms with E-state index in [-0.39, 0.29) is 0 Å². The first-order valence-corrected chi connectivity index (χ1v) is 12.6. The van der Waals surface area contributed by atoms with Crippen LogP contribution in [0.15, 0.2) is 42.5 Å². The summed E-state index contributed by atoms with van der Waals surface area (Å²) < 4.78 is 12.3. The van der Waals surface area contributed by atoms with Gasteiger partial charge in [-0.25, -0.2) is 0 Å². The van der Waals surface area contributed by atoms with Gasteiger partial charge in [-0.3, -0.25) is 14.4 Å². The fourth-order valence-electron chi connectivity index (χ4n) is 4.98. The number of ether oxygens (including phenoxy) is 2. The molecule has 0 aliphatic heterocycles. The van der Waals surface area contributed by atoms with E-state index in [1.807, 2.05) is 54.2 Å². The van der Waals surface area contributed by atoms with Gasteiger partial charge >= 0.3 is 5.91 Å². The lowest BCUT2D eigenvalue weighted by atomic mass is 9.96. The molecule has 1 N–H and O–H groups in total. The van der Waals surface area contributed by atoms with Crippen molar-refractivity contribution in [3.63, 3.8) is 0 Å². The molecule has 2 aliphatic carbocycles. The van der Waals surface area contributed by atoms with E-state index in [2.05, 4.69) is 11.2 Å². The van der Waals surface area contributed by atoms with Crippen LogP contribution in [0.3, 0.4) is 0 Å². The third kappa shape index (κ3) is 5.32. The van der Waals surface area contributed by atoms with E-state index in [0.717, 1.165) is 66.5 Å². The molecular formula is C29H34N4O4. The molecule has 2 saturated carbocycles. The van der Waals surface area contributed by atoms with E-state index in [4.69, 9.17) is 21.0 Å². The number of methoxy groups -OCH3 is 2. The number of nitrogens with zero attached hydrogens (tertiary/aromatic N) is 3. The largest absolute Gasteiger partial charge is 0.497 e. The Morgan fingerprint density at radius 2 is 1.95 bits per heavy atom. The number of terminal acetylenes is 1. The number of carbonyl (C=O) groups is 2. The van der Waals surface area contributed by atoms with Crippen LogP contribution in [-0.4, -0.2) is 48.8 Å². The minimum Gasteiger partial charge on any atom is -0.497 e. The molecule has 0 unspecified atom stereocenters. The van der Waals surface area contributed by atoms with Crippen LogP contribution in [0.1, 0.15) is 50.1 Å². The van der Waals surface area contributed by atoms with Crippen LogP contribution in [-0.2, 0) is 16.1 Å². The van der Waals surface area contributed by atoms with E-state index in [9.17, 15) is 9.59 Å². The van der Waals surface area contributed by atoms with Crippen LogP contribution in [0.2, 0.25) is 0 Å². The summed E-state index contributed by atoms with van der Waals surface area (Å²) in [6.07, 6.45) is 11.6. The number of para-hydroxylation sites is 1. The number of aldehydes is 1. The molecule has 5 rings (SSSR count). The number of amides is 1. The Balaban J connectivity index is 0.000000209. The predicted molar refractivity (Wildman–Crippen MR) is 144 cm³/mol. The summed E-state index contributed by atoms with van der Waals surface area (Å²) in [7, 11) is 5.21. The monoisotopic (exact) mass is 502 g/mol. The highest BCUT2D eigenvalue weighted by atomic mass is 16.5. The quantitative estimate of drug-likeness (QED) is 0.366. The van der Waals surface area contributed by atoms with Gasteiger partial charge in [0.25, 0.3) is 0 Å².